The topological polar surface area (TPSA) is 27.1 Å². The minimum Gasteiger partial charge on any atom is -0.494 e. The number of rotatable bonds is 2. The first kappa shape index (κ1) is 20.2. The van der Waals surface area contributed by atoms with Crippen LogP contribution in [-0.2, 0) is 5.41 Å². The Morgan fingerprint density at radius 1 is 1.05 bits per heavy atom. The van der Waals surface area contributed by atoms with Crippen molar-refractivity contribution in [2.75, 3.05) is 7.11 Å². The van der Waals surface area contributed by atoms with Gasteiger partial charge in [0.25, 0.3) is 0 Å². The second-order valence-corrected chi connectivity index (χ2v) is 5.57. The van der Waals surface area contributed by atoms with E-state index < -0.39 is 0 Å². The molecule has 0 aliphatic heterocycles. The van der Waals surface area contributed by atoms with Crippen LogP contribution in [0, 0.1) is 6.92 Å². The molecule has 0 saturated heterocycles. The molecule has 0 radical (unpaired) electrons. The van der Waals surface area contributed by atoms with E-state index >= 15 is 0 Å². The summed E-state index contributed by atoms with van der Waals surface area (Å²) in [5.74, 6) is 0.904. The minimum absolute atomic E-state index is 0.117. The molecule has 0 spiro atoms. The van der Waals surface area contributed by atoms with Crippen molar-refractivity contribution >= 4 is 0 Å². The van der Waals surface area contributed by atoms with Crippen LogP contribution >= 0.6 is 0 Å². The van der Waals surface area contributed by atoms with Crippen LogP contribution in [0.25, 0.3) is 5.69 Å². The molecule has 0 aliphatic rings. The van der Waals surface area contributed by atoms with Crippen molar-refractivity contribution in [1.29, 1.82) is 0 Å². The Bertz CT molecular complexity index is 537. The van der Waals surface area contributed by atoms with Gasteiger partial charge in [-0.15, -0.1) is 0 Å². The highest BCUT2D eigenvalue weighted by Crippen LogP contribution is 2.33. The monoisotopic (exact) mass is 304 g/mol. The number of imidazole rings is 1. The summed E-state index contributed by atoms with van der Waals surface area (Å²) >= 11 is 0. The van der Waals surface area contributed by atoms with Crippen LogP contribution < -0.4 is 4.74 Å². The molecule has 2 rings (SSSR count). The number of nitrogens with zero attached hydrogens (tertiary/aromatic N) is 2. The van der Waals surface area contributed by atoms with E-state index in [1.54, 1.807) is 19.6 Å². The van der Waals surface area contributed by atoms with Crippen molar-refractivity contribution < 1.29 is 4.74 Å². The average molecular weight is 304 g/mol. The molecule has 0 unspecified atom stereocenters. The molecule has 1 aromatic carbocycles. The average Bonchev–Trinajstić information content (AvgIpc) is 3.03. The van der Waals surface area contributed by atoms with Gasteiger partial charge in [0.1, 0.15) is 5.75 Å². The van der Waals surface area contributed by atoms with Gasteiger partial charge in [0, 0.05) is 12.4 Å². The molecule has 0 fully saturated rings. The van der Waals surface area contributed by atoms with E-state index in [2.05, 4.69) is 44.8 Å². The van der Waals surface area contributed by atoms with Crippen LogP contribution in [0.4, 0.5) is 0 Å². The van der Waals surface area contributed by atoms with Gasteiger partial charge in [0.2, 0.25) is 0 Å². The predicted octanol–water partition coefficient (Wildman–Crippen LogP) is 5.54. The quantitative estimate of drug-likeness (QED) is 0.728. The molecule has 22 heavy (non-hydrogen) atoms. The highest BCUT2D eigenvalue weighted by molar-refractivity contribution is 5.55. The maximum atomic E-state index is 5.52. The van der Waals surface area contributed by atoms with Gasteiger partial charge in [-0.1, -0.05) is 54.5 Å². The van der Waals surface area contributed by atoms with Gasteiger partial charge in [-0.25, -0.2) is 4.98 Å². The Balaban J connectivity index is 0.00000102. The lowest BCUT2D eigenvalue weighted by atomic mass is 9.85. The van der Waals surface area contributed by atoms with Crippen LogP contribution in [0.2, 0.25) is 0 Å². The molecular formula is C19H32N2O. The Morgan fingerprint density at radius 3 is 2.05 bits per heavy atom. The summed E-state index contributed by atoms with van der Waals surface area (Å²) in [7, 11) is 1.71. The Hall–Kier alpha value is -1.77. The maximum Gasteiger partial charge on any atom is 0.145 e. The summed E-state index contributed by atoms with van der Waals surface area (Å²) in [5.41, 5.74) is 3.60. The lowest BCUT2D eigenvalue weighted by Gasteiger charge is -2.22. The molecule has 1 aromatic heterocycles. The van der Waals surface area contributed by atoms with Gasteiger partial charge >= 0.3 is 0 Å². The van der Waals surface area contributed by atoms with E-state index in [0.29, 0.717) is 0 Å². The number of ether oxygens (including phenoxy) is 1. The van der Waals surface area contributed by atoms with Crippen molar-refractivity contribution in [3.63, 3.8) is 0 Å². The zero-order valence-electron chi connectivity index (χ0n) is 15.7. The number of aromatic nitrogens is 2. The Labute approximate surface area is 136 Å². The van der Waals surface area contributed by atoms with E-state index in [0.717, 1.165) is 17.0 Å². The van der Waals surface area contributed by atoms with Crippen molar-refractivity contribution in [2.24, 2.45) is 0 Å². The molecule has 1 heterocycles. The van der Waals surface area contributed by atoms with Gasteiger partial charge < -0.3 is 9.30 Å². The van der Waals surface area contributed by atoms with Crippen LogP contribution in [0.5, 0.6) is 5.75 Å². The first-order valence-electron chi connectivity index (χ1n) is 8.11. The first-order chi connectivity index (χ1) is 10.4. The van der Waals surface area contributed by atoms with Gasteiger partial charge in [0.05, 0.1) is 19.1 Å². The van der Waals surface area contributed by atoms with E-state index in [-0.39, 0.29) is 5.41 Å². The fourth-order valence-electron chi connectivity index (χ4n) is 2.05. The third-order valence-corrected chi connectivity index (χ3v) is 3.11. The molecule has 0 N–H and O–H groups in total. The van der Waals surface area contributed by atoms with Gasteiger partial charge in [-0.3, -0.25) is 0 Å². The highest BCUT2D eigenvalue weighted by Gasteiger charge is 2.18. The molecule has 3 nitrogen and oxygen atoms in total. The van der Waals surface area contributed by atoms with E-state index in [4.69, 9.17) is 4.74 Å². The van der Waals surface area contributed by atoms with Crippen molar-refractivity contribution in [1.82, 2.24) is 9.55 Å². The fourth-order valence-corrected chi connectivity index (χ4v) is 2.05. The number of benzene rings is 1. The van der Waals surface area contributed by atoms with Gasteiger partial charge in [-0.05, 0) is 29.5 Å². The smallest absolute Gasteiger partial charge is 0.145 e. The van der Waals surface area contributed by atoms with Gasteiger partial charge in [-0.2, -0.15) is 0 Å². The third kappa shape index (κ3) is 4.90. The second kappa shape index (κ2) is 9.29. The first-order valence-corrected chi connectivity index (χ1v) is 8.11. The fraction of sp³-hybridized carbons (Fsp3) is 0.526. The van der Waals surface area contributed by atoms with Crippen LogP contribution in [0.15, 0.2) is 30.9 Å². The van der Waals surface area contributed by atoms with E-state index in [9.17, 15) is 0 Å². The molecule has 124 valence electrons. The predicted molar refractivity (Wildman–Crippen MR) is 96.2 cm³/mol. The summed E-state index contributed by atoms with van der Waals surface area (Å²) in [6, 6.07) is 4.37. The Morgan fingerprint density at radius 2 is 1.64 bits per heavy atom. The minimum atomic E-state index is 0.117. The summed E-state index contributed by atoms with van der Waals surface area (Å²) in [4.78, 5) is 4.10. The molecule has 3 heteroatoms. The SMILES string of the molecule is CC.CC.COc1c(C)cc(C(C)(C)C)cc1-n1ccnc1. The molecule has 2 aromatic rings. The van der Waals surface area contributed by atoms with Crippen molar-refractivity contribution in [3.05, 3.63) is 42.0 Å². The van der Waals surface area contributed by atoms with Crippen LogP contribution in [0.1, 0.15) is 59.6 Å². The zero-order valence-corrected chi connectivity index (χ0v) is 15.7. The maximum absolute atomic E-state index is 5.52. The largest absolute Gasteiger partial charge is 0.494 e. The molecule has 0 aliphatic carbocycles. The van der Waals surface area contributed by atoms with Crippen LogP contribution in [-0.4, -0.2) is 16.7 Å². The molecule has 0 atom stereocenters. The van der Waals surface area contributed by atoms with E-state index in [1.807, 2.05) is 38.5 Å². The summed E-state index contributed by atoms with van der Waals surface area (Å²) in [5, 5.41) is 0. The standard InChI is InChI=1S/C15H20N2O.2C2H6/c1-11-8-12(15(2,3)4)9-13(14(11)18-5)17-7-6-16-10-17;2*1-2/h6-10H,1-5H3;2*1-2H3. The van der Waals surface area contributed by atoms with Gasteiger partial charge in [0.15, 0.2) is 0 Å². The Kier molecular flexibility index (Phi) is 8.54. The van der Waals surface area contributed by atoms with Crippen molar-refractivity contribution in [3.8, 4) is 11.4 Å². The number of methoxy groups -OCH3 is 1. The number of aryl methyl sites for hydroxylation is 1. The molecular weight excluding hydrogens is 272 g/mol. The third-order valence-electron chi connectivity index (χ3n) is 3.11. The lowest BCUT2D eigenvalue weighted by Crippen LogP contribution is -2.13. The second-order valence-electron chi connectivity index (χ2n) is 5.57. The molecule has 0 amide bonds. The summed E-state index contributed by atoms with van der Waals surface area (Å²) < 4.78 is 7.51. The summed E-state index contributed by atoms with van der Waals surface area (Å²) in [6.07, 6.45) is 5.51. The molecule has 0 bridgehead atoms. The summed E-state index contributed by atoms with van der Waals surface area (Å²) in [6.45, 7) is 16.7. The highest BCUT2D eigenvalue weighted by atomic mass is 16.5. The van der Waals surface area contributed by atoms with Crippen molar-refractivity contribution in [2.45, 2.75) is 60.8 Å². The van der Waals surface area contributed by atoms with E-state index in [1.165, 1.54) is 5.56 Å². The molecule has 0 saturated carbocycles. The normalized spacial score (nSPS) is 10.0. The lowest BCUT2D eigenvalue weighted by molar-refractivity contribution is 0.409. The number of hydrogen-bond acceptors (Lipinski definition) is 2. The number of hydrogen-bond donors (Lipinski definition) is 0. The van der Waals surface area contributed by atoms with Crippen LogP contribution in [0.3, 0.4) is 0 Å². The zero-order chi connectivity index (χ0) is 17.3.